The Bertz CT molecular complexity index is 757. The summed E-state index contributed by atoms with van der Waals surface area (Å²) in [4.78, 5) is 25.6. The molecular weight excluding hydrogens is 300 g/mol. The Morgan fingerprint density at radius 3 is 1.46 bits per heavy atom. The van der Waals surface area contributed by atoms with Crippen LogP contribution in [0.1, 0.15) is 45.7 Å². The van der Waals surface area contributed by atoms with Crippen molar-refractivity contribution in [2.45, 2.75) is 39.8 Å². The molecule has 4 heteroatoms. The highest BCUT2D eigenvalue weighted by Gasteiger charge is 2.26. The Kier molecular flexibility index (Phi) is 4.14. The van der Waals surface area contributed by atoms with Crippen LogP contribution in [0.3, 0.4) is 0 Å². The highest BCUT2D eigenvalue weighted by atomic mass is 16.2. The zero-order valence-electron chi connectivity index (χ0n) is 14.4. The van der Waals surface area contributed by atoms with Gasteiger partial charge in [0.05, 0.1) is 0 Å². The lowest BCUT2D eigenvalue weighted by Crippen LogP contribution is -2.49. The number of amides is 2. The molecule has 2 atom stereocenters. The zero-order valence-corrected chi connectivity index (χ0v) is 14.4. The average molecular weight is 322 g/mol. The quantitative estimate of drug-likeness (QED) is 0.782. The second-order valence-electron chi connectivity index (χ2n) is 6.52. The fraction of sp³-hybridized carbons (Fsp3) is 0.300. The van der Waals surface area contributed by atoms with E-state index < -0.39 is 0 Å². The molecular formula is C20H22N2O2. The molecule has 2 aromatic carbocycles. The summed E-state index contributed by atoms with van der Waals surface area (Å²) >= 11 is 0. The Morgan fingerprint density at radius 2 is 1.08 bits per heavy atom. The summed E-state index contributed by atoms with van der Waals surface area (Å²) in [6.07, 6.45) is 0. The lowest BCUT2D eigenvalue weighted by molar-refractivity contribution is 0.0890. The SMILES string of the molecule is Cc1cccc2c1-c1c(C)cccc1C(=O)N[C@@H](C)[C@H](C)NC2=O. The van der Waals surface area contributed by atoms with E-state index in [1.54, 1.807) is 0 Å². The number of aryl methyl sites for hydroxylation is 2. The normalized spacial score (nSPS) is 20.5. The molecule has 2 N–H and O–H groups in total. The van der Waals surface area contributed by atoms with Gasteiger partial charge in [-0.3, -0.25) is 9.59 Å². The molecule has 2 aromatic rings. The topological polar surface area (TPSA) is 58.2 Å². The van der Waals surface area contributed by atoms with Crippen LogP contribution >= 0.6 is 0 Å². The highest BCUT2D eigenvalue weighted by molar-refractivity contribution is 6.08. The number of rotatable bonds is 0. The lowest BCUT2D eigenvalue weighted by atomic mass is 9.87. The Balaban J connectivity index is 2.35. The van der Waals surface area contributed by atoms with Crippen LogP contribution < -0.4 is 10.6 Å². The molecule has 2 amide bonds. The molecule has 1 aliphatic rings. The van der Waals surface area contributed by atoms with Crippen LogP contribution in [0.2, 0.25) is 0 Å². The van der Waals surface area contributed by atoms with E-state index in [-0.39, 0.29) is 23.9 Å². The van der Waals surface area contributed by atoms with Crippen LogP contribution in [0.15, 0.2) is 36.4 Å². The lowest BCUT2D eigenvalue weighted by Gasteiger charge is -2.27. The molecule has 0 fully saturated rings. The Labute approximate surface area is 142 Å². The summed E-state index contributed by atoms with van der Waals surface area (Å²) in [6.45, 7) is 7.74. The molecule has 0 spiro atoms. The van der Waals surface area contributed by atoms with Crippen molar-refractivity contribution in [2.75, 3.05) is 0 Å². The second-order valence-corrected chi connectivity index (χ2v) is 6.52. The predicted octanol–water partition coefficient (Wildman–Crippen LogP) is 3.22. The maximum atomic E-state index is 12.8. The summed E-state index contributed by atoms with van der Waals surface area (Å²) in [5.41, 5.74) is 4.85. The van der Waals surface area contributed by atoms with Gasteiger partial charge in [0.25, 0.3) is 11.8 Å². The van der Waals surface area contributed by atoms with Gasteiger partial charge in [-0.15, -0.1) is 0 Å². The molecule has 4 nitrogen and oxygen atoms in total. The number of carbonyl (C=O) groups is 2. The molecule has 0 saturated carbocycles. The molecule has 0 radical (unpaired) electrons. The fourth-order valence-electron chi connectivity index (χ4n) is 3.20. The van der Waals surface area contributed by atoms with E-state index in [0.717, 1.165) is 22.3 Å². The molecule has 1 heterocycles. The van der Waals surface area contributed by atoms with Crippen molar-refractivity contribution >= 4 is 11.8 Å². The van der Waals surface area contributed by atoms with E-state index in [2.05, 4.69) is 10.6 Å². The number of hydrogen-bond donors (Lipinski definition) is 2. The number of hydrogen-bond acceptors (Lipinski definition) is 2. The first-order valence-corrected chi connectivity index (χ1v) is 8.21. The third kappa shape index (κ3) is 2.68. The van der Waals surface area contributed by atoms with Crippen molar-refractivity contribution in [2.24, 2.45) is 0 Å². The van der Waals surface area contributed by atoms with Crippen LogP contribution in [0.5, 0.6) is 0 Å². The van der Waals surface area contributed by atoms with E-state index in [1.807, 2.05) is 64.1 Å². The van der Waals surface area contributed by atoms with Crippen molar-refractivity contribution in [3.63, 3.8) is 0 Å². The molecule has 24 heavy (non-hydrogen) atoms. The molecule has 0 bridgehead atoms. The van der Waals surface area contributed by atoms with Gasteiger partial charge in [0.1, 0.15) is 0 Å². The van der Waals surface area contributed by atoms with Crippen molar-refractivity contribution in [3.8, 4) is 11.1 Å². The molecule has 0 saturated heterocycles. The van der Waals surface area contributed by atoms with Gasteiger partial charge in [0.15, 0.2) is 0 Å². The van der Waals surface area contributed by atoms with Gasteiger partial charge < -0.3 is 10.6 Å². The van der Waals surface area contributed by atoms with Crippen LogP contribution in [0, 0.1) is 13.8 Å². The van der Waals surface area contributed by atoms with Gasteiger partial charge in [-0.25, -0.2) is 0 Å². The Hall–Kier alpha value is -2.62. The molecule has 0 unspecified atom stereocenters. The van der Waals surface area contributed by atoms with E-state index in [0.29, 0.717) is 11.1 Å². The highest BCUT2D eigenvalue weighted by Crippen LogP contribution is 2.34. The second kappa shape index (κ2) is 6.11. The first kappa shape index (κ1) is 16.2. The van der Waals surface area contributed by atoms with E-state index in [4.69, 9.17) is 0 Å². The van der Waals surface area contributed by atoms with Crippen LogP contribution in [0.4, 0.5) is 0 Å². The average Bonchev–Trinajstić information content (AvgIpc) is 2.53. The van der Waals surface area contributed by atoms with Crippen molar-refractivity contribution in [1.82, 2.24) is 10.6 Å². The van der Waals surface area contributed by atoms with Gasteiger partial charge in [-0.05, 0) is 62.1 Å². The van der Waals surface area contributed by atoms with E-state index in [9.17, 15) is 9.59 Å². The maximum Gasteiger partial charge on any atom is 0.252 e. The van der Waals surface area contributed by atoms with Crippen molar-refractivity contribution in [3.05, 3.63) is 58.7 Å². The smallest absolute Gasteiger partial charge is 0.252 e. The maximum absolute atomic E-state index is 12.8. The monoisotopic (exact) mass is 322 g/mol. The number of carbonyl (C=O) groups excluding carboxylic acids is 2. The third-order valence-corrected chi connectivity index (χ3v) is 4.75. The summed E-state index contributed by atoms with van der Waals surface area (Å²) < 4.78 is 0. The summed E-state index contributed by atoms with van der Waals surface area (Å²) in [6, 6.07) is 11.0. The van der Waals surface area contributed by atoms with Crippen LogP contribution in [-0.4, -0.2) is 23.9 Å². The van der Waals surface area contributed by atoms with Crippen molar-refractivity contribution < 1.29 is 9.59 Å². The predicted molar refractivity (Wildman–Crippen MR) is 95.2 cm³/mol. The zero-order chi connectivity index (χ0) is 17.4. The number of nitrogens with one attached hydrogen (secondary N) is 2. The van der Waals surface area contributed by atoms with Gasteiger partial charge in [0, 0.05) is 23.2 Å². The molecule has 3 rings (SSSR count). The molecule has 0 aliphatic carbocycles. The first-order chi connectivity index (χ1) is 11.4. The van der Waals surface area contributed by atoms with Gasteiger partial charge in [-0.1, -0.05) is 24.3 Å². The van der Waals surface area contributed by atoms with Gasteiger partial charge in [-0.2, -0.15) is 0 Å². The minimum atomic E-state index is -0.166. The number of benzene rings is 2. The van der Waals surface area contributed by atoms with Crippen LogP contribution in [0.25, 0.3) is 11.1 Å². The minimum Gasteiger partial charge on any atom is -0.348 e. The van der Waals surface area contributed by atoms with Crippen LogP contribution in [-0.2, 0) is 0 Å². The fourth-order valence-corrected chi connectivity index (χ4v) is 3.20. The standard InChI is InChI=1S/C20H22N2O2/c1-11-7-5-9-15-17(11)18-12(2)8-6-10-16(18)20(24)22-14(4)13(3)21-19(15)23/h5-10,13-14H,1-4H3,(H,21,23)(H,22,24)/t13-,14-/m0/s1. The molecule has 0 aromatic heterocycles. The van der Waals surface area contributed by atoms with E-state index in [1.165, 1.54) is 0 Å². The molecule has 124 valence electrons. The van der Waals surface area contributed by atoms with E-state index >= 15 is 0 Å². The molecule has 1 aliphatic heterocycles. The number of fused-ring (bicyclic) bond motifs is 3. The minimum absolute atomic E-state index is 0.113. The first-order valence-electron chi connectivity index (χ1n) is 8.21. The van der Waals surface area contributed by atoms with Gasteiger partial charge >= 0.3 is 0 Å². The van der Waals surface area contributed by atoms with Gasteiger partial charge in [0.2, 0.25) is 0 Å². The summed E-state index contributed by atoms with van der Waals surface area (Å²) in [7, 11) is 0. The van der Waals surface area contributed by atoms with Crippen molar-refractivity contribution in [1.29, 1.82) is 0 Å². The summed E-state index contributed by atoms with van der Waals surface area (Å²) in [5, 5.41) is 6.00. The Morgan fingerprint density at radius 1 is 0.708 bits per heavy atom. The largest absolute Gasteiger partial charge is 0.348 e. The third-order valence-electron chi connectivity index (χ3n) is 4.75. The summed E-state index contributed by atoms with van der Waals surface area (Å²) in [5.74, 6) is -0.225.